The second kappa shape index (κ2) is 12.2. The van der Waals surface area contributed by atoms with Crippen LogP contribution >= 0.6 is 24.0 Å². The zero-order valence-corrected chi connectivity index (χ0v) is 21.7. The van der Waals surface area contributed by atoms with Gasteiger partial charge in [0.15, 0.2) is 5.96 Å². The van der Waals surface area contributed by atoms with E-state index in [1.807, 2.05) is 24.3 Å². The summed E-state index contributed by atoms with van der Waals surface area (Å²) in [5.74, 6) is 1.81. The first-order valence-electron chi connectivity index (χ1n) is 11.4. The maximum Gasteiger partial charge on any atom is 0.225 e. The molecule has 178 valence electrons. The van der Waals surface area contributed by atoms with E-state index in [1.165, 1.54) is 24.0 Å². The minimum atomic E-state index is 0. The SMILES string of the molecule is CN=C(NCC1CC(=O)Nc2ccccc21)NCC(c1cccc(OC)c1)N1CCCC1.I. The van der Waals surface area contributed by atoms with Crippen molar-refractivity contribution in [3.8, 4) is 5.75 Å². The lowest BCUT2D eigenvalue weighted by Crippen LogP contribution is -2.44. The van der Waals surface area contributed by atoms with Crippen LogP contribution in [-0.4, -0.2) is 57.1 Å². The van der Waals surface area contributed by atoms with Crippen LogP contribution in [0, 0.1) is 0 Å². The second-order valence-electron chi connectivity index (χ2n) is 8.41. The van der Waals surface area contributed by atoms with E-state index in [-0.39, 0.29) is 41.8 Å². The zero-order chi connectivity index (χ0) is 22.3. The predicted molar refractivity (Wildman–Crippen MR) is 144 cm³/mol. The van der Waals surface area contributed by atoms with Crippen LogP contribution in [0.4, 0.5) is 5.69 Å². The highest BCUT2D eigenvalue weighted by Gasteiger charge is 2.26. The lowest BCUT2D eigenvalue weighted by atomic mass is 9.90. The monoisotopic (exact) mass is 563 g/mol. The summed E-state index contributed by atoms with van der Waals surface area (Å²) in [4.78, 5) is 19.1. The number of amides is 1. The molecule has 8 heteroatoms. The van der Waals surface area contributed by atoms with Crippen molar-refractivity contribution in [2.24, 2.45) is 4.99 Å². The van der Waals surface area contributed by atoms with Crippen LogP contribution in [0.3, 0.4) is 0 Å². The van der Waals surface area contributed by atoms with Crippen LogP contribution in [-0.2, 0) is 4.79 Å². The van der Waals surface area contributed by atoms with E-state index in [2.05, 4.69) is 50.1 Å². The Kier molecular flexibility index (Phi) is 9.37. The number of nitrogens with zero attached hydrogens (tertiary/aromatic N) is 2. The molecule has 2 aromatic carbocycles. The number of benzene rings is 2. The summed E-state index contributed by atoms with van der Waals surface area (Å²) in [6.45, 7) is 3.60. The maximum atomic E-state index is 12.1. The molecule has 0 aliphatic carbocycles. The summed E-state index contributed by atoms with van der Waals surface area (Å²) in [7, 11) is 3.49. The lowest BCUT2D eigenvalue weighted by molar-refractivity contribution is -0.116. The number of aliphatic imine (C=N–C) groups is 1. The fourth-order valence-electron chi connectivity index (χ4n) is 4.68. The fourth-order valence-corrected chi connectivity index (χ4v) is 4.68. The molecular formula is C25H34IN5O2. The van der Waals surface area contributed by atoms with E-state index in [9.17, 15) is 4.79 Å². The van der Waals surface area contributed by atoms with Crippen molar-refractivity contribution in [2.45, 2.75) is 31.2 Å². The first kappa shape index (κ1) is 25.3. The topological polar surface area (TPSA) is 78.0 Å². The summed E-state index contributed by atoms with van der Waals surface area (Å²) in [6, 6.07) is 16.6. The first-order chi connectivity index (χ1) is 15.7. The molecule has 0 aromatic heterocycles. The van der Waals surface area contributed by atoms with E-state index in [0.29, 0.717) is 13.0 Å². The minimum absolute atomic E-state index is 0. The predicted octanol–water partition coefficient (Wildman–Crippen LogP) is 3.74. The Hall–Kier alpha value is -2.33. The molecule has 1 saturated heterocycles. The Morgan fingerprint density at radius 1 is 1.18 bits per heavy atom. The fraction of sp³-hybridized carbons (Fsp3) is 0.440. The number of para-hydroxylation sites is 1. The van der Waals surface area contributed by atoms with Gasteiger partial charge in [-0.25, -0.2) is 0 Å². The molecular weight excluding hydrogens is 529 g/mol. The van der Waals surface area contributed by atoms with Crippen LogP contribution < -0.4 is 20.7 Å². The van der Waals surface area contributed by atoms with E-state index in [0.717, 1.165) is 37.0 Å². The van der Waals surface area contributed by atoms with Gasteiger partial charge in [-0.3, -0.25) is 14.7 Å². The van der Waals surface area contributed by atoms with Gasteiger partial charge >= 0.3 is 0 Å². The third-order valence-electron chi connectivity index (χ3n) is 6.37. The van der Waals surface area contributed by atoms with Gasteiger partial charge in [-0.05, 0) is 55.3 Å². The first-order valence-corrected chi connectivity index (χ1v) is 11.4. The molecule has 2 unspecified atom stereocenters. The van der Waals surface area contributed by atoms with E-state index in [4.69, 9.17) is 4.74 Å². The van der Waals surface area contributed by atoms with Crippen molar-refractivity contribution in [1.29, 1.82) is 0 Å². The van der Waals surface area contributed by atoms with Gasteiger partial charge in [0.2, 0.25) is 5.91 Å². The number of ether oxygens (including phenoxy) is 1. The van der Waals surface area contributed by atoms with Gasteiger partial charge in [-0.2, -0.15) is 0 Å². The lowest BCUT2D eigenvalue weighted by Gasteiger charge is -2.30. The third kappa shape index (κ3) is 6.38. The molecule has 33 heavy (non-hydrogen) atoms. The van der Waals surface area contributed by atoms with Crippen molar-refractivity contribution >= 4 is 41.5 Å². The molecule has 7 nitrogen and oxygen atoms in total. The summed E-state index contributed by atoms with van der Waals surface area (Å²) < 4.78 is 5.45. The number of likely N-dealkylation sites (tertiary alicyclic amines) is 1. The molecule has 2 aliphatic rings. The summed E-state index contributed by atoms with van der Waals surface area (Å²) in [5.41, 5.74) is 3.32. The Morgan fingerprint density at radius 3 is 2.73 bits per heavy atom. The van der Waals surface area contributed by atoms with Crippen molar-refractivity contribution in [3.05, 3.63) is 59.7 Å². The Morgan fingerprint density at radius 2 is 1.97 bits per heavy atom. The number of guanidine groups is 1. The quantitative estimate of drug-likeness (QED) is 0.272. The number of rotatable bonds is 7. The minimum Gasteiger partial charge on any atom is -0.497 e. The standard InChI is InChI=1S/C25H33N5O2.HI/c1-26-25(27-16-19-15-24(31)29-22-11-4-3-10-21(19)22)28-17-23(30-12-5-6-13-30)18-8-7-9-20(14-18)32-2;/h3-4,7-11,14,19,23H,5-6,12-13,15-17H2,1-2H3,(H,29,31)(H2,26,27,28);1H. The van der Waals surface area contributed by atoms with Crippen LogP contribution in [0.5, 0.6) is 5.75 Å². The van der Waals surface area contributed by atoms with Crippen molar-refractivity contribution in [1.82, 2.24) is 15.5 Å². The van der Waals surface area contributed by atoms with Crippen LogP contribution in [0.2, 0.25) is 0 Å². The van der Waals surface area contributed by atoms with Gasteiger partial charge in [0.1, 0.15) is 5.75 Å². The number of carbonyl (C=O) groups is 1. The molecule has 1 amide bonds. The summed E-state index contributed by atoms with van der Waals surface area (Å²) >= 11 is 0. The number of fused-ring (bicyclic) bond motifs is 1. The van der Waals surface area contributed by atoms with Crippen molar-refractivity contribution < 1.29 is 9.53 Å². The zero-order valence-electron chi connectivity index (χ0n) is 19.3. The number of anilines is 1. The molecule has 2 heterocycles. The number of hydrogen-bond acceptors (Lipinski definition) is 4. The number of methoxy groups -OCH3 is 1. The average Bonchev–Trinajstić information content (AvgIpc) is 3.35. The Balaban J connectivity index is 0.00000306. The number of nitrogens with one attached hydrogen (secondary N) is 3. The highest BCUT2D eigenvalue weighted by Crippen LogP contribution is 2.31. The van der Waals surface area contributed by atoms with Crippen LogP contribution in [0.25, 0.3) is 0 Å². The van der Waals surface area contributed by atoms with Crippen LogP contribution in [0.15, 0.2) is 53.5 Å². The highest BCUT2D eigenvalue weighted by molar-refractivity contribution is 14.0. The second-order valence-corrected chi connectivity index (χ2v) is 8.41. The Bertz CT molecular complexity index is 961. The van der Waals surface area contributed by atoms with Gasteiger partial charge in [0.25, 0.3) is 0 Å². The number of hydrogen-bond donors (Lipinski definition) is 3. The molecule has 0 bridgehead atoms. The molecule has 0 radical (unpaired) electrons. The average molecular weight is 563 g/mol. The molecule has 2 aliphatic heterocycles. The molecule has 1 fully saturated rings. The number of carbonyl (C=O) groups excluding carboxylic acids is 1. The van der Waals surface area contributed by atoms with E-state index < -0.39 is 0 Å². The third-order valence-corrected chi connectivity index (χ3v) is 6.37. The van der Waals surface area contributed by atoms with Crippen LogP contribution in [0.1, 0.15) is 42.3 Å². The largest absolute Gasteiger partial charge is 0.497 e. The molecule has 2 atom stereocenters. The number of halogens is 1. The maximum absolute atomic E-state index is 12.1. The highest BCUT2D eigenvalue weighted by atomic mass is 127. The van der Waals surface area contributed by atoms with Gasteiger partial charge in [-0.15, -0.1) is 24.0 Å². The smallest absolute Gasteiger partial charge is 0.225 e. The molecule has 3 N–H and O–H groups in total. The normalized spacial score (nSPS) is 19.2. The Labute approximate surface area is 213 Å². The van der Waals surface area contributed by atoms with Gasteiger partial charge < -0.3 is 20.7 Å². The summed E-state index contributed by atoms with van der Waals surface area (Å²) in [6.07, 6.45) is 2.94. The van der Waals surface area contributed by atoms with Gasteiger partial charge in [-0.1, -0.05) is 30.3 Å². The van der Waals surface area contributed by atoms with E-state index >= 15 is 0 Å². The van der Waals surface area contributed by atoms with Gasteiger partial charge in [0, 0.05) is 38.2 Å². The molecule has 0 saturated carbocycles. The molecule has 4 rings (SSSR count). The molecule has 0 spiro atoms. The van der Waals surface area contributed by atoms with Crippen molar-refractivity contribution in [2.75, 3.05) is 45.7 Å². The van der Waals surface area contributed by atoms with E-state index in [1.54, 1.807) is 14.2 Å². The van der Waals surface area contributed by atoms with Gasteiger partial charge in [0.05, 0.1) is 13.2 Å². The van der Waals surface area contributed by atoms with Crippen molar-refractivity contribution in [3.63, 3.8) is 0 Å². The summed E-state index contributed by atoms with van der Waals surface area (Å²) in [5, 5.41) is 9.91. The molecule has 2 aromatic rings.